The van der Waals surface area contributed by atoms with Crippen molar-refractivity contribution in [2.24, 2.45) is 11.1 Å². The average Bonchev–Trinajstić information content (AvgIpc) is 2.63. The second-order valence-corrected chi connectivity index (χ2v) is 10.6. The van der Waals surface area contributed by atoms with Gasteiger partial charge in [-0.1, -0.05) is 39.0 Å². The van der Waals surface area contributed by atoms with E-state index < -0.39 is 33.8 Å². The van der Waals surface area contributed by atoms with E-state index in [1.165, 1.54) is 0 Å². The van der Waals surface area contributed by atoms with Crippen LogP contribution in [0.25, 0.3) is 0 Å². The van der Waals surface area contributed by atoms with E-state index in [2.05, 4.69) is 0 Å². The van der Waals surface area contributed by atoms with E-state index in [1.54, 1.807) is 37.3 Å². The third-order valence-corrected chi connectivity index (χ3v) is 5.78. The highest BCUT2D eigenvalue weighted by atomic mass is 32.2. The fraction of sp³-hybridized carbons (Fsp3) is 0.600. The van der Waals surface area contributed by atoms with Crippen LogP contribution in [-0.2, 0) is 24.0 Å². The lowest BCUT2D eigenvalue weighted by atomic mass is 9.94. The maximum absolute atomic E-state index is 12.3. The summed E-state index contributed by atoms with van der Waals surface area (Å²) in [6.07, 6.45) is 0.119. The minimum absolute atomic E-state index is 0.00261. The molecule has 7 nitrogen and oxygen atoms in total. The average molecular weight is 413 g/mol. The molecule has 0 aliphatic rings. The monoisotopic (exact) mass is 412 g/mol. The second kappa shape index (κ2) is 10.6. The first kappa shape index (κ1) is 24.1. The number of rotatable bonds is 10. The van der Waals surface area contributed by atoms with Crippen LogP contribution in [0.2, 0.25) is 0 Å². The molecule has 8 heteroatoms. The van der Waals surface area contributed by atoms with Gasteiger partial charge in [0.1, 0.15) is 18.8 Å². The van der Waals surface area contributed by atoms with Crippen LogP contribution < -0.4 is 5.73 Å². The molecule has 0 radical (unpaired) electrons. The molecule has 2 unspecified atom stereocenters. The lowest BCUT2D eigenvalue weighted by Crippen LogP contribution is -2.37. The smallest absolute Gasteiger partial charge is 0.338 e. The van der Waals surface area contributed by atoms with Crippen LogP contribution in [0.4, 0.5) is 0 Å². The molecule has 3 atom stereocenters. The Balaban J connectivity index is 2.37. The van der Waals surface area contributed by atoms with Gasteiger partial charge < -0.3 is 15.2 Å². The summed E-state index contributed by atoms with van der Waals surface area (Å²) < 4.78 is 30.5. The van der Waals surface area contributed by atoms with Gasteiger partial charge in [-0.3, -0.25) is 9.57 Å². The van der Waals surface area contributed by atoms with Gasteiger partial charge in [0.05, 0.1) is 5.56 Å². The zero-order chi connectivity index (χ0) is 21.4. The number of hydrogen-bond acceptors (Lipinski definition) is 7. The number of benzene rings is 1. The Bertz CT molecular complexity index is 742. The summed E-state index contributed by atoms with van der Waals surface area (Å²) in [6, 6.07) is 7.55. The first-order valence-corrected chi connectivity index (χ1v) is 11.2. The van der Waals surface area contributed by atoms with Crippen molar-refractivity contribution >= 4 is 21.7 Å². The van der Waals surface area contributed by atoms with Crippen LogP contribution in [0.1, 0.15) is 50.9 Å². The number of ether oxygens (including phenoxy) is 2. The van der Waals surface area contributed by atoms with E-state index >= 15 is 0 Å². The fourth-order valence-corrected chi connectivity index (χ4v) is 3.96. The molecule has 0 aromatic heterocycles. The Hall–Kier alpha value is -1.93. The van der Waals surface area contributed by atoms with Crippen molar-refractivity contribution in [2.75, 3.05) is 18.1 Å². The lowest BCUT2D eigenvalue weighted by Gasteiger charge is -2.20. The summed E-state index contributed by atoms with van der Waals surface area (Å²) in [7, 11) is -2.78. The predicted octanol–water partition coefficient (Wildman–Crippen LogP) is 2.98. The topological polar surface area (TPSA) is 120 Å². The summed E-state index contributed by atoms with van der Waals surface area (Å²) in [5, 5.41) is 0. The maximum atomic E-state index is 12.3. The molecule has 1 aromatic carbocycles. The molecule has 28 heavy (non-hydrogen) atoms. The van der Waals surface area contributed by atoms with Crippen molar-refractivity contribution in [2.45, 2.75) is 52.7 Å². The zero-order valence-electron chi connectivity index (χ0n) is 17.1. The Morgan fingerprint density at radius 2 is 1.79 bits per heavy atom. The quantitative estimate of drug-likeness (QED) is 0.570. The minimum Gasteiger partial charge on any atom is -0.458 e. The molecule has 1 aromatic rings. The Morgan fingerprint density at radius 1 is 1.18 bits per heavy atom. The second-order valence-electron chi connectivity index (χ2n) is 8.14. The van der Waals surface area contributed by atoms with Gasteiger partial charge in [0.2, 0.25) is 0 Å². The van der Waals surface area contributed by atoms with Gasteiger partial charge in [0.15, 0.2) is 0 Å². The summed E-state index contributed by atoms with van der Waals surface area (Å²) in [6.45, 7) is 7.58. The molecule has 0 amide bonds. The van der Waals surface area contributed by atoms with Crippen molar-refractivity contribution in [1.29, 1.82) is 4.78 Å². The zero-order valence-corrected chi connectivity index (χ0v) is 17.9. The van der Waals surface area contributed by atoms with Crippen LogP contribution >= 0.6 is 0 Å². The van der Waals surface area contributed by atoms with Crippen molar-refractivity contribution in [3.05, 3.63) is 35.9 Å². The van der Waals surface area contributed by atoms with Crippen LogP contribution in [0.5, 0.6) is 0 Å². The standard InChI is InChI=1S/C20H32N2O5S/c1-15(14-26-18(23)16-8-6-5-7-9-16)27-19(24)17(21)10-12-28(22,25)13-11-20(2,3)4/h5-9,15,17,22H,10-14,21H2,1-4H3/t15?,17-,28?/m0/s1. The van der Waals surface area contributed by atoms with Gasteiger partial charge in [0, 0.05) is 21.2 Å². The van der Waals surface area contributed by atoms with Gasteiger partial charge in [-0.15, -0.1) is 0 Å². The fourth-order valence-electron chi connectivity index (χ4n) is 2.18. The molecular weight excluding hydrogens is 380 g/mol. The van der Waals surface area contributed by atoms with E-state index in [-0.39, 0.29) is 29.9 Å². The van der Waals surface area contributed by atoms with Crippen molar-refractivity contribution < 1.29 is 23.3 Å². The minimum atomic E-state index is -2.78. The van der Waals surface area contributed by atoms with E-state index in [0.717, 1.165) is 0 Å². The largest absolute Gasteiger partial charge is 0.458 e. The lowest BCUT2D eigenvalue weighted by molar-refractivity contribution is -0.151. The highest BCUT2D eigenvalue weighted by molar-refractivity contribution is 7.92. The molecule has 0 heterocycles. The Labute approximate surface area is 167 Å². The first-order valence-electron chi connectivity index (χ1n) is 9.32. The molecule has 1 rings (SSSR count). The maximum Gasteiger partial charge on any atom is 0.338 e. The van der Waals surface area contributed by atoms with E-state index in [9.17, 15) is 13.8 Å². The number of nitrogens with two attached hydrogens (primary N) is 1. The molecule has 3 N–H and O–H groups in total. The summed E-state index contributed by atoms with van der Waals surface area (Å²) in [5.74, 6) is -0.823. The number of esters is 2. The normalized spacial score (nSPS) is 15.9. The van der Waals surface area contributed by atoms with Gasteiger partial charge in [-0.05, 0) is 37.3 Å². The summed E-state index contributed by atoms with van der Waals surface area (Å²) >= 11 is 0. The molecule has 0 spiro atoms. The number of nitrogens with one attached hydrogen (secondary N) is 1. The third-order valence-electron chi connectivity index (χ3n) is 4.02. The van der Waals surface area contributed by atoms with Crippen LogP contribution in [-0.4, -0.2) is 46.4 Å². The third kappa shape index (κ3) is 9.85. The first-order chi connectivity index (χ1) is 12.9. The highest BCUT2D eigenvalue weighted by Gasteiger charge is 2.22. The molecule has 0 fully saturated rings. The highest BCUT2D eigenvalue weighted by Crippen LogP contribution is 2.20. The van der Waals surface area contributed by atoms with Crippen LogP contribution in [0.3, 0.4) is 0 Å². The molecule has 0 saturated heterocycles. The predicted molar refractivity (Wildman–Crippen MR) is 110 cm³/mol. The van der Waals surface area contributed by atoms with Gasteiger partial charge in [-0.25, -0.2) is 9.00 Å². The SMILES string of the molecule is CC(COC(=O)c1ccccc1)OC(=O)[C@@H](N)CCS(=N)(=O)CCC(C)(C)C. The molecular formula is C20H32N2O5S. The molecule has 0 aliphatic heterocycles. The van der Waals surface area contributed by atoms with E-state index in [0.29, 0.717) is 12.0 Å². The number of hydrogen-bond donors (Lipinski definition) is 2. The van der Waals surface area contributed by atoms with Gasteiger partial charge in [-0.2, -0.15) is 0 Å². The van der Waals surface area contributed by atoms with E-state index in [4.69, 9.17) is 20.0 Å². The Morgan fingerprint density at radius 3 is 2.36 bits per heavy atom. The number of carbonyl (C=O) groups excluding carboxylic acids is 2. The van der Waals surface area contributed by atoms with Crippen molar-refractivity contribution in [3.63, 3.8) is 0 Å². The van der Waals surface area contributed by atoms with Gasteiger partial charge >= 0.3 is 11.9 Å². The summed E-state index contributed by atoms with van der Waals surface area (Å²) in [4.78, 5) is 23.9. The summed E-state index contributed by atoms with van der Waals surface area (Å²) in [5.41, 5.74) is 6.22. The van der Waals surface area contributed by atoms with Crippen molar-refractivity contribution in [1.82, 2.24) is 0 Å². The van der Waals surface area contributed by atoms with Crippen LogP contribution in [0.15, 0.2) is 30.3 Å². The molecule has 0 saturated carbocycles. The molecule has 158 valence electrons. The number of carbonyl (C=O) groups is 2. The molecule has 0 bridgehead atoms. The van der Waals surface area contributed by atoms with E-state index in [1.807, 2.05) is 20.8 Å². The van der Waals surface area contributed by atoms with Crippen LogP contribution in [0, 0.1) is 10.2 Å². The molecule has 0 aliphatic carbocycles. The van der Waals surface area contributed by atoms with Crippen molar-refractivity contribution in [3.8, 4) is 0 Å². The Kier molecular flexibility index (Phi) is 9.10. The van der Waals surface area contributed by atoms with Gasteiger partial charge in [0.25, 0.3) is 0 Å².